The van der Waals surface area contributed by atoms with Gasteiger partial charge < -0.3 is 14.2 Å². The SMILES string of the molecule is CCCCCCCCOC(=O)CC1=C(CC(=O)OCCCCCCCC)CC(C(=O)OCCCCCCCC)=C1. The van der Waals surface area contributed by atoms with Gasteiger partial charge in [0.15, 0.2) is 0 Å². The maximum absolute atomic E-state index is 12.7. The van der Waals surface area contributed by atoms with Gasteiger partial charge in [0.25, 0.3) is 0 Å². The second kappa shape index (κ2) is 24.7. The van der Waals surface area contributed by atoms with Crippen LogP contribution in [0, 0.1) is 0 Å². The molecule has 6 heteroatoms. The molecule has 230 valence electrons. The Bertz CT molecular complexity index is 766. The number of ether oxygens (including phenoxy) is 3. The summed E-state index contributed by atoms with van der Waals surface area (Å²) in [5, 5.41) is 0. The lowest BCUT2D eigenvalue weighted by Crippen LogP contribution is -2.10. The summed E-state index contributed by atoms with van der Waals surface area (Å²) in [6.07, 6.45) is 22.4. The van der Waals surface area contributed by atoms with E-state index >= 15 is 0 Å². The molecule has 0 aliphatic heterocycles. The van der Waals surface area contributed by atoms with Crippen molar-refractivity contribution in [1.82, 2.24) is 0 Å². The number of hydrogen-bond donors (Lipinski definition) is 0. The van der Waals surface area contributed by atoms with E-state index in [1.54, 1.807) is 6.08 Å². The molecule has 0 saturated heterocycles. The summed E-state index contributed by atoms with van der Waals surface area (Å²) >= 11 is 0. The molecule has 0 aromatic heterocycles. The second-order valence-electron chi connectivity index (χ2n) is 11.2. The first-order valence-corrected chi connectivity index (χ1v) is 16.4. The monoisotopic (exact) mass is 562 g/mol. The van der Waals surface area contributed by atoms with Crippen LogP contribution >= 0.6 is 0 Å². The second-order valence-corrected chi connectivity index (χ2v) is 11.2. The highest BCUT2D eigenvalue weighted by atomic mass is 16.5. The Balaban J connectivity index is 2.56. The lowest BCUT2D eigenvalue weighted by Gasteiger charge is -2.09. The fourth-order valence-corrected chi connectivity index (χ4v) is 4.90. The smallest absolute Gasteiger partial charge is 0.334 e. The summed E-state index contributed by atoms with van der Waals surface area (Å²) in [5.41, 5.74) is 1.95. The maximum Gasteiger partial charge on any atom is 0.334 e. The van der Waals surface area contributed by atoms with Crippen LogP contribution in [0.1, 0.15) is 156 Å². The van der Waals surface area contributed by atoms with Gasteiger partial charge in [-0.05, 0) is 30.9 Å². The molecule has 0 aromatic carbocycles. The van der Waals surface area contributed by atoms with Gasteiger partial charge in [0, 0.05) is 12.0 Å². The first kappa shape index (κ1) is 35.9. The Kier molecular flexibility index (Phi) is 22.1. The van der Waals surface area contributed by atoms with Crippen molar-refractivity contribution in [3.8, 4) is 0 Å². The van der Waals surface area contributed by atoms with Crippen LogP contribution in [0.25, 0.3) is 0 Å². The summed E-state index contributed by atoms with van der Waals surface area (Å²) < 4.78 is 16.4. The molecular weight excluding hydrogens is 504 g/mol. The number of rotatable bonds is 26. The molecule has 0 unspecified atom stereocenters. The molecule has 0 N–H and O–H groups in total. The Morgan fingerprint density at radius 3 is 1.43 bits per heavy atom. The molecule has 0 aromatic rings. The summed E-state index contributed by atoms with van der Waals surface area (Å²) in [6.45, 7) is 7.79. The lowest BCUT2D eigenvalue weighted by molar-refractivity contribution is -0.144. The highest BCUT2D eigenvalue weighted by Gasteiger charge is 2.25. The molecule has 0 radical (unpaired) electrons. The summed E-state index contributed by atoms with van der Waals surface area (Å²) in [5.74, 6) is -0.988. The zero-order valence-corrected chi connectivity index (χ0v) is 26.0. The largest absolute Gasteiger partial charge is 0.465 e. The Hall–Kier alpha value is -2.11. The third-order valence-corrected chi connectivity index (χ3v) is 7.41. The van der Waals surface area contributed by atoms with Crippen LogP contribution in [-0.2, 0) is 28.6 Å². The first-order valence-electron chi connectivity index (χ1n) is 16.4. The van der Waals surface area contributed by atoms with Crippen LogP contribution < -0.4 is 0 Å². The zero-order valence-electron chi connectivity index (χ0n) is 26.0. The van der Waals surface area contributed by atoms with Crippen molar-refractivity contribution in [2.45, 2.75) is 156 Å². The van der Waals surface area contributed by atoms with Gasteiger partial charge >= 0.3 is 17.9 Å². The fourth-order valence-electron chi connectivity index (χ4n) is 4.90. The number of allylic oxidation sites excluding steroid dienone is 1. The maximum atomic E-state index is 12.7. The van der Waals surface area contributed by atoms with E-state index in [1.807, 2.05) is 0 Å². The van der Waals surface area contributed by atoms with E-state index in [-0.39, 0.29) is 30.7 Å². The van der Waals surface area contributed by atoms with E-state index in [2.05, 4.69) is 20.8 Å². The quantitative estimate of drug-likeness (QED) is 0.0594. The van der Waals surface area contributed by atoms with Crippen LogP contribution in [0.3, 0.4) is 0 Å². The van der Waals surface area contributed by atoms with Crippen molar-refractivity contribution >= 4 is 17.9 Å². The van der Waals surface area contributed by atoms with E-state index in [1.165, 1.54) is 57.8 Å². The predicted molar refractivity (Wildman–Crippen MR) is 162 cm³/mol. The van der Waals surface area contributed by atoms with Crippen LogP contribution in [0.4, 0.5) is 0 Å². The number of esters is 3. The third-order valence-electron chi connectivity index (χ3n) is 7.41. The third kappa shape index (κ3) is 18.3. The van der Waals surface area contributed by atoms with Gasteiger partial charge in [-0.1, -0.05) is 123 Å². The molecule has 0 amide bonds. The molecule has 1 aliphatic rings. The average Bonchev–Trinajstić information content (AvgIpc) is 3.33. The van der Waals surface area contributed by atoms with Crippen molar-refractivity contribution in [3.63, 3.8) is 0 Å². The van der Waals surface area contributed by atoms with Crippen molar-refractivity contribution in [1.29, 1.82) is 0 Å². The molecule has 6 nitrogen and oxygen atoms in total. The Labute approximate surface area is 244 Å². The van der Waals surface area contributed by atoms with Crippen molar-refractivity contribution in [3.05, 3.63) is 22.8 Å². The van der Waals surface area contributed by atoms with Gasteiger partial charge in [0.2, 0.25) is 0 Å². The predicted octanol–water partition coefficient (Wildman–Crippen LogP) is 9.10. The van der Waals surface area contributed by atoms with E-state index in [9.17, 15) is 14.4 Å². The van der Waals surface area contributed by atoms with Gasteiger partial charge in [0.05, 0.1) is 32.7 Å². The molecular formula is C34H58O6. The molecule has 0 fully saturated rings. The Morgan fingerprint density at radius 1 is 0.550 bits per heavy atom. The molecule has 0 spiro atoms. The number of carbonyl (C=O) groups excluding carboxylic acids is 3. The molecule has 1 rings (SSSR count). The van der Waals surface area contributed by atoms with Gasteiger partial charge in [-0.15, -0.1) is 0 Å². The summed E-state index contributed by atoms with van der Waals surface area (Å²) in [4.78, 5) is 37.9. The van der Waals surface area contributed by atoms with E-state index in [0.29, 0.717) is 37.4 Å². The van der Waals surface area contributed by atoms with E-state index < -0.39 is 0 Å². The molecule has 0 atom stereocenters. The molecule has 1 aliphatic carbocycles. The average molecular weight is 563 g/mol. The Morgan fingerprint density at radius 2 is 0.950 bits per heavy atom. The number of unbranched alkanes of at least 4 members (excludes halogenated alkanes) is 15. The van der Waals surface area contributed by atoms with E-state index in [0.717, 1.165) is 63.4 Å². The minimum absolute atomic E-state index is 0.0596. The van der Waals surface area contributed by atoms with Gasteiger partial charge in [-0.3, -0.25) is 9.59 Å². The fraction of sp³-hybridized carbons (Fsp3) is 0.794. The molecule has 0 heterocycles. The van der Waals surface area contributed by atoms with Crippen molar-refractivity contribution in [2.24, 2.45) is 0 Å². The van der Waals surface area contributed by atoms with Gasteiger partial charge in [-0.2, -0.15) is 0 Å². The molecule has 0 bridgehead atoms. The number of carbonyl (C=O) groups is 3. The van der Waals surface area contributed by atoms with Crippen LogP contribution in [0.5, 0.6) is 0 Å². The highest BCUT2D eigenvalue weighted by Crippen LogP contribution is 2.31. The van der Waals surface area contributed by atoms with Gasteiger partial charge in [-0.25, -0.2) is 4.79 Å². The standard InChI is InChI=1S/C34H58O6/c1-4-7-10-13-16-19-22-38-32(35)27-29-25-31(34(37)40-24-21-18-15-12-9-6-3)26-30(29)28-33(36)39-23-20-17-14-11-8-5-2/h25H,4-24,26-28H2,1-3H3. The normalized spacial score (nSPS) is 12.9. The zero-order chi connectivity index (χ0) is 29.3. The highest BCUT2D eigenvalue weighted by molar-refractivity contribution is 5.92. The van der Waals surface area contributed by atoms with Crippen LogP contribution in [-0.4, -0.2) is 37.7 Å². The first-order chi connectivity index (χ1) is 19.5. The summed E-state index contributed by atoms with van der Waals surface area (Å²) in [6, 6.07) is 0. The van der Waals surface area contributed by atoms with Crippen LogP contribution in [0.2, 0.25) is 0 Å². The molecule has 40 heavy (non-hydrogen) atoms. The number of hydrogen-bond acceptors (Lipinski definition) is 6. The van der Waals surface area contributed by atoms with Crippen molar-refractivity contribution in [2.75, 3.05) is 19.8 Å². The minimum atomic E-state index is -0.359. The topological polar surface area (TPSA) is 78.9 Å². The summed E-state index contributed by atoms with van der Waals surface area (Å²) in [7, 11) is 0. The minimum Gasteiger partial charge on any atom is -0.465 e. The molecule has 0 saturated carbocycles. The lowest BCUT2D eigenvalue weighted by atomic mass is 10.0. The van der Waals surface area contributed by atoms with Crippen molar-refractivity contribution < 1.29 is 28.6 Å². The van der Waals surface area contributed by atoms with E-state index in [4.69, 9.17) is 14.2 Å². The van der Waals surface area contributed by atoms with Crippen LogP contribution in [0.15, 0.2) is 22.8 Å². The van der Waals surface area contributed by atoms with Gasteiger partial charge in [0.1, 0.15) is 0 Å².